The van der Waals surface area contributed by atoms with Crippen molar-refractivity contribution >= 4 is 0 Å². The van der Waals surface area contributed by atoms with Crippen LogP contribution >= 0.6 is 0 Å². The van der Waals surface area contributed by atoms with E-state index in [1.807, 2.05) is 52.0 Å². The predicted molar refractivity (Wildman–Crippen MR) is 121 cm³/mol. The molecule has 0 fully saturated rings. The summed E-state index contributed by atoms with van der Waals surface area (Å²) < 4.78 is 0. The fraction of sp³-hybridized carbons (Fsp3) is 0.520. The smallest absolute Gasteiger partial charge is 0.00987 e. The monoisotopic (exact) mass is 344 g/mol. The van der Waals surface area contributed by atoms with Crippen LogP contribution in [0.1, 0.15) is 75.7 Å². The molecule has 0 heteroatoms. The van der Waals surface area contributed by atoms with Gasteiger partial charge in [0.05, 0.1) is 0 Å². The highest BCUT2D eigenvalue weighted by Gasteiger charge is 2.27. The van der Waals surface area contributed by atoms with Crippen LogP contribution in [0.2, 0.25) is 0 Å². The van der Waals surface area contributed by atoms with Crippen LogP contribution in [0.15, 0.2) is 72.9 Å². The highest BCUT2D eigenvalue weighted by Crippen LogP contribution is 2.39. The maximum Gasteiger partial charge on any atom is -0.00987 e. The zero-order valence-electron chi connectivity index (χ0n) is 18.7. The van der Waals surface area contributed by atoms with Crippen LogP contribution in [0, 0.1) is 10.8 Å². The lowest BCUT2D eigenvalue weighted by Crippen LogP contribution is -2.22. The molecule has 0 aromatic rings. The Bertz CT molecular complexity index is 457. The van der Waals surface area contributed by atoms with Gasteiger partial charge in [-0.25, -0.2) is 0 Å². The summed E-state index contributed by atoms with van der Waals surface area (Å²) in [7, 11) is 0. The molecule has 0 aliphatic carbocycles. The standard InChI is InChI=1S/C15H26.C8H12.C2H6/c1-8-10-13(11-9-2)15(6,7)12-14(3,4)5;1-4-6-8(3)7-5-2;1-2/h8-11H,1,12H2,2-7H3;4-7H,1H2,2-3H3;1-2H3/b11-9-,13-10+;7-5-,8-6-;. The first-order chi connectivity index (χ1) is 11.5. The fourth-order valence-corrected chi connectivity index (χ4v) is 2.75. The summed E-state index contributed by atoms with van der Waals surface area (Å²) in [5.74, 6) is 0. The molecule has 0 atom stereocenters. The van der Waals surface area contributed by atoms with Crippen molar-refractivity contribution in [2.24, 2.45) is 10.8 Å². The van der Waals surface area contributed by atoms with Crippen LogP contribution in [-0.2, 0) is 0 Å². The van der Waals surface area contributed by atoms with Gasteiger partial charge in [-0.3, -0.25) is 0 Å². The lowest BCUT2D eigenvalue weighted by Gasteiger charge is -2.33. The summed E-state index contributed by atoms with van der Waals surface area (Å²) in [6.07, 6.45) is 17.3. The second kappa shape index (κ2) is 15.9. The highest BCUT2D eigenvalue weighted by molar-refractivity contribution is 5.29. The molecule has 0 amide bonds. The third-order valence-electron chi connectivity index (χ3n) is 3.21. The normalized spacial score (nSPS) is 13.0. The second-order valence-electron chi connectivity index (χ2n) is 7.63. The molecule has 0 N–H and O–H groups in total. The average molecular weight is 345 g/mol. The third-order valence-corrected chi connectivity index (χ3v) is 3.21. The van der Waals surface area contributed by atoms with E-state index >= 15 is 0 Å². The summed E-state index contributed by atoms with van der Waals surface area (Å²) in [4.78, 5) is 0. The van der Waals surface area contributed by atoms with Crippen molar-refractivity contribution in [1.82, 2.24) is 0 Å². The molecule has 25 heavy (non-hydrogen) atoms. The van der Waals surface area contributed by atoms with E-state index in [0.717, 1.165) is 0 Å². The molecule has 0 aliphatic rings. The minimum atomic E-state index is 0.207. The molecule has 144 valence electrons. The predicted octanol–water partition coefficient (Wildman–Crippen LogP) is 8.86. The summed E-state index contributed by atoms with van der Waals surface area (Å²) in [6.45, 7) is 28.9. The topological polar surface area (TPSA) is 0 Å². The van der Waals surface area contributed by atoms with Crippen molar-refractivity contribution in [1.29, 1.82) is 0 Å². The molecule has 0 saturated carbocycles. The number of hydrogen-bond donors (Lipinski definition) is 0. The molecular weight excluding hydrogens is 300 g/mol. The molecule has 0 rings (SSSR count). The van der Waals surface area contributed by atoms with Gasteiger partial charge in [-0.05, 0) is 43.6 Å². The van der Waals surface area contributed by atoms with Gasteiger partial charge in [-0.15, -0.1) is 0 Å². The van der Waals surface area contributed by atoms with Crippen LogP contribution in [0.25, 0.3) is 0 Å². The Balaban J connectivity index is -0.000000408. The summed E-state index contributed by atoms with van der Waals surface area (Å²) in [5, 5.41) is 0. The highest BCUT2D eigenvalue weighted by atomic mass is 14.3. The van der Waals surface area contributed by atoms with Crippen molar-refractivity contribution in [3.05, 3.63) is 72.9 Å². The molecule has 0 nitrogen and oxygen atoms in total. The van der Waals surface area contributed by atoms with Gasteiger partial charge in [-0.1, -0.05) is 116 Å². The van der Waals surface area contributed by atoms with E-state index in [1.165, 1.54) is 17.6 Å². The minimum absolute atomic E-state index is 0.207. The Morgan fingerprint density at radius 1 is 0.800 bits per heavy atom. The first-order valence-corrected chi connectivity index (χ1v) is 9.42. The average Bonchev–Trinajstić information content (AvgIpc) is 2.48. The summed E-state index contributed by atoms with van der Waals surface area (Å²) >= 11 is 0. The van der Waals surface area contributed by atoms with Crippen molar-refractivity contribution in [3.63, 3.8) is 0 Å². The van der Waals surface area contributed by atoms with Crippen molar-refractivity contribution in [2.45, 2.75) is 75.7 Å². The molecule has 0 unspecified atom stereocenters. The number of allylic oxidation sites excluding steroid dienone is 10. The largest absolute Gasteiger partial charge is 0.0991 e. The van der Waals surface area contributed by atoms with E-state index < -0.39 is 0 Å². The van der Waals surface area contributed by atoms with Gasteiger partial charge < -0.3 is 0 Å². The Morgan fingerprint density at radius 2 is 1.24 bits per heavy atom. The SMILES string of the molecule is C=C/C=C(C)\C=C/C.C=C/C=C(\C=C/C)C(C)(C)CC(C)(C)C.CC. The van der Waals surface area contributed by atoms with E-state index in [4.69, 9.17) is 0 Å². The van der Waals surface area contributed by atoms with Crippen LogP contribution in [-0.4, -0.2) is 0 Å². The van der Waals surface area contributed by atoms with Gasteiger partial charge in [0.25, 0.3) is 0 Å². The molecule has 0 aliphatic heterocycles. The molecule has 0 aromatic carbocycles. The molecule has 0 bridgehead atoms. The molecule has 0 heterocycles. The van der Waals surface area contributed by atoms with Crippen LogP contribution < -0.4 is 0 Å². The van der Waals surface area contributed by atoms with Crippen molar-refractivity contribution in [2.75, 3.05) is 0 Å². The van der Waals surface area contributed by atoms with Gasteiger partial charge in [0.1, 0.15) is 0 Å². The Hall–Kier alpha value is -1.56. The first-order valence-electron chi connectivity index (χ1n) is 9.42. The van der Waals surface area contributed by atoms with E-state index in [0.29, 0.717) is 5.41 Å². The molecule has 0 saturated heterocycles. The van der Waals surface area contributed by atoms with Gasteiger partial charge in [0.15, 0.2) is 0 Å². The lowest BCUT2D eigenvalue weighted by atomic mass is 9.71. The van der Waals surface area contributed by atoms with E-state index in [9.17, 15) is 0 Å². The first kappa shape index (κ1) is 28.3. The van der Waals surface area contributed by atoms with E-state index in [-0.39, 0.29) is 5.41 Å². The van der Waals surface area contributed by atoms with Gasteiger partial charge in [0.2, 0.25) is 0 Å². The van der Waals surface area contributed by atoms with Crippen LogP contribution in [0.3, 0.4) is 0 Å². The third kappa shape index (κ3) is 18.6. The van der Waals surface area contributed by atoms with Crippen molar-refractivity contribution in [3.8, 4) is 0 Å². The van der Waals surface area contributed by atoms with Gasteiger partial charge >= 0.3 is 0 Å². The number of hydrogen-bond acceptors (Lipinski definition) is 0. The Kier molecular flexibility index (Phi) is 18.0. The molecule has 0 radical (unpaired) electrons. The van der Waals surface area contributed by atoms with Crippen LogP contribution in [0.4, 0.5) is 0 Å². The number of rotatable bonds is 6. The van der Waals surface area contributed by atoms with Crippen LogP contribution in [0.5, 0.6) is 0 Å². The summed E-state index contributed by atoms with van der Waals surface area (Å²) in [5.41, 5.74) is 3.15. The maximum atomic E-state index is 3.78. The zero-order chi connectivity index (χ0) is 20.5. The van der Waals surface area contributed by atoms with E-state index in [1.54, 1.807) is 6.08 Å². The Labute approximate surface area is 159 Å². The molecule has 0 aromatic heterocycles. The summed E-state index contributed by atoms with van der Waals surface area (Å²) in [6, 6.07) is 0. The molecule has 0 spiro atoms. The quantitative estimate of drug-likeness (QED) is 0.422. The molecular formula is C25H44. The van der Waals surface area contributed by atoms with Crippen molar-refractivity contribution < 1.29 is 0 Å². The minimum Gasteiger partial charge on any atom is -0.0991 e. The maximum absolute atomic E-state index is 3.78. The van der Waals surface area contributed by atoms with Gasteiger partial charge in [0, 0.05) is 0 Å². The van der Waals surface area contributed by atoms with E-state index in [2.05, 4.69) is 72.9 Å². The zero-order valence-corrected chi connectivity index (χ0v) is 18.7. The fourth-order valence-electron chi connectivity index (χ4n) is 2.75. The van der Waals surface area contributed by atoms with Gasteiger partial charge in [-0.2, -0.15) is 0 Å². The Morgan fingerprint density at radius 3 is 1.56 bits per heavy atom. The second-order valence-corrected chi connectivity index (χ2v) is 7.63. The lowest BCUT2D eigenvalue weighted by molar-refractivity contribution is 0.253.